The Balaban J connectivity index is 2.27. The lowest BCUT2D eigenvalue weighted by Gasteiger charge is -2.26. The van der Waals surface area contributed by atoms with Crippen LogP contribution in [0.1, 0.15) is 23.7 Å². The standard InChI is InChI=1S/C12H20N4O2/c1-9-10(8-15(2)14-9)11(12(17)18)16-6-3-4-13-5-7-16/h8,11,13H,3-7H2,1-2H3,(H,17,18). The van der Waals surface area contributed by atoms with E-state index >= 15 is 0 Å². The molecule has 0 aromatic carbocycles. The molecule has 0 saturated carbocycles. The number of nitrogens with one attached hydrogen (secondary N) is 1. The number of rotatable bonds is 3. The summed E-state index contributed by atoms with van der Waals surface area (Å²) in [5, 5.41) is 17.0. The average molecular weight is 252 g/mol. The van der Waals surface area contributed by atoms with Gasteiger partial charge in [-0.2, -0.15) is 5.10 Å². The van der Waals surface area contributed by atoms with Crippen molar-refractivity contribution in [3.8, 4) is 0 Å². The molecule has 1 aliphatic heterocycles. The van der Waals surface area contributed by atoms with Gasteiger partial charge >= 0.3 is 5.97 Å². The Kier molecular flexibility index (Phi) is 3.98. The summed E-state index contributed by atoms with van der Waals surface area (Å²) >= 11 is 0. The number of hydrogen-bond donors (Lipinski definition) is 2. The van der Waals surface area contributed by atoms with E-state index in [-0.39, 0.29) is 0 Å². The fourth-order valence-corrected chi connectivity index (χ4v) is 2.50. The van der Waals surface area contributed by atoms with E-state index in [1.165, 1.54) is 0 Å². The number of aromatic nitrogens is 2. The molecule has 18 heavy (non-hydrogen) atoms. The van der Waals surface area contributed by atoms with E-state index in [2.05, 4.69) is 10.4 Å². The van der Waals surface area contributed by atoms with Gasteiger partial charge < -0.3 is 10.4 Å². The van der Waals surface area contributed by atoms with Crippen molar-refractivity contribution in [1.82, 2.24) is 20.0 Å². The van der Waals surface area contributed by atoms with E-state index in [1.54, 1.807) is 4.68 Å². The first kappa shape index (κ1) is 13.0. The van der Waals surface area contributed by atoms with Gasteiger partial charge in [0.15, 0.2) is 0 Å². The molecule has 1 fully saturated rings. The Morgan fingerprint density at radius 3 is 2.89 bits per heavy atom. The molecule has 100 valence electrons. The van der Waals surface area contributed by atoms with Gasteiger partial charge in [-0.1, -0.05) is 0 Å². The van der Waals surface area contributed by atoms with Crippen molar-refractivity contribution in [3.05, 3.63) is 17.5 Å². The van der Waals surface area contributed by atoms with Crippen LogP contribution in [0.3, 0.4) is 0 Å². The summed E-state index contributed by atoms with van der Waals surface area (Å²) in [5.41, 5.74) is 1.59. The normalized spacial score (nSPS) is 19.4. The molecule has 1 aromatic rings. The van der Waals surface area contributed by atoms with Crippen molar-refractivity contribution in [2.45, 2.75) is 19.4 Å². The lowest BCUT2D eigenvalue weighted by atomic mass is 10.1. The Hall–Kier alpha value is -1.40. The van der Waals surface area contributed by atoms with E-state index in [1.807, 2.05) is 25.1 Å². The predicted molar refractivity (Wildman–Crippen MR) is 67.4 cm³/mol. The van der Waals surface area contributed by atoms with Crippen LogP contribution < -0.4 is 5.32 Å². The number of nitrogens with zero attached hydrogens (tertiary/aromatic N) is 3. The molecule has 0 amide bonds. The van der Waals surface area contributed by atoms with Gasteiger partial charge in [0.25, 0.3) is 0 Å². The van der Waals surface area contributed by atoms with Crippen LogP contribution in [-0.4, -0.2) is 51.9 Å². The molecular formula is C12H20N4O2. The van der Waals surface area contributed by atoms with Crippen LogP contribution in [0.4, 0.5) is 0 Å². The smallest absolute Gasteiger partial charge is 0.325 e. The van der Waals surface area contributed by atoms with Crippen LogP contribution in [0, 0.1) is 6.92 Å². The highest BCUT2D eigenvalue weighted by Gasteiger charge is 2.30. The van der Waals surface area contributed by atoms with Crippen molar-refractivity contribution in [3.63, 3.8) is 0 Å². The highest BCUT2D eigenvalue weighted by molar-refractivity contribution is 5.75. The molecule has 1 aliphatic rings. The fourth-order valence-electron chi connectivity index (χ4n) is 2.50. The molecule has 0 radical (unpaired) electrons. The van der Waals surface area contributed by atoms with Crippen molar-refractivity contribution >= 4 is 5.97 Å². The Bertz CT molecular complexity index is 422. The van der Waals surface area contributed by atoms with E-state index in [0.717, 1.165) is 43.9 Å². The maximum atomic E-state index is 11.6. The van der Waals surface area contributed by atoms with Crippen molar-refractivity contribution < 1.29 is 9.90 Å². The van der Waals surface area contributed by atoms with Crippen LogP contribution in [0.15, 0.2) is 6.20 Å². The largest absolute Gasteiger partial charge is 0.480 e. The van der Waals surface area contributed by atoms with Crippen LogP contribution in [0.2, 0.25) is 0 Å². The summed E-state index contributed by atoms with van der Waals surface area (Å²) in [6.07, 6.45) is 2.79. The molecule has 1 unspecified atom stereocenters. The summed E-state index contributed by atoms with van der Waals surface area (Å²) in [4.78, 5) is 13.6. The fraction of sp³-hybridized carbons (Fsp3) is 0.667. The third-order valence-electron chi connectivity index (χ3n) is 3.32. The summed E-state index contributed by atoms with van der Waals surface area (Å²) in [7, 11) is 1.82. The van der Waals surface area contributed by atoms with E-state index < -0.39 is 12.0 Å². The number of aryl methyl sites for hydroxylation is 2. The molecule has 0 bridgehead atoms. The van der Waals surface area contributed by atoms with Crippen molar-refractivity contribution in [2.75, 3.05) is 26.2 Å². The van der Waals surface area contributed by atoms with Gasteiger partial charge in [-0.05, 0) is 19.9 Å². The highest BCUT2D eigenvalue weighted by atomic mass is 16.4. The number of carbonyl (C=O) groups is 1. The third kappa shape index (κ3) is 2.70. The molecule has 0 spiro atoms. The van der Waals surface area contributed by atoms with Crippen LogP contribution >= 0.6 is 0 Å². The van der Waals surface area contributed by atoms with Gasteiger partial charge in [0.05, 0.1) is 5.69 Å². The third-order valence-corrected chi connectivity index (χ3v) is 3.32. The maximum absolute atomic E-state index is 11.6. The van der Waals surface area contributed by atoms with Crippen LogP contribution in [0.25, 0.3) is 0 Å². The Morgan fingerprint density at radius 2 is 2.28 bits per heavy atom. The van der Waals surface area contributed by atoms with E-state index in [4.69, 9.17) is 0 Å². The second kappa shape index (κ2) is 5.49. The zero-order chi connectivity index (χ0) is 13.1. The summed E-state index contributed by atoms with van der Waals surface area (Å²) in [5.74, 6) is -0.798. The second-order valence-corrected chi connectivity index (χ2v) is 4.72. The lowest BCUT2D eigenvalue weighted by molar-refractivity contribution is -0.143. The molecular weight excluding hydrogens is 232 g/mol. The van der Waals surface area contributed by atoms with Gasteiger partial charge in [-0.15, -0.1) is 0 Å². The first-order valence-corrected chi connectivity index (χ1v) is 6.27. The SMILES string of the molecule is Cc1nn(C)cc1C(C(=O)O)N1CCCNCC1. The van der Waals surface area contributed by atoms with Gasteiger partial charge in [-0.25, -0.2) is 0 Å². The molecule has 6 nitrogen and oxygen atoms in total. The van der Waals surface area contributed by atoms with Crippen LogP contribution in [-0.2, 0) is 11.8 Å². The Morgan fingerprint density at radius 1 is 1.50 bits per heavy atom. The van der Waals surface area contributed by atoms with Gasteiger partial charge in [0, 0.05) is 38.4 Å². The zero-order valence-electron chi connectivity index (χ0n) is 10.9. The van der Waals surface area contributed by atoms with Gasteiger partial charge in [0.1, 0.15) is 6.04 Å². The lowest BCUT2D eigenvalue weighted by Crippen LogP contribution is -2.36. The molecule has 6 heteroatoms. The minimum Gasteiger partial charge on any atom is -0.480 e. The number of carboxylic acid groups (broad SMARTS) is 1. The monoisotopic (exact) mass is 252 g/mol. The van der Waals surface area contributed by atoms with Gasteiger partial charge in [0.2, 0.25) is 0 Å². The van der Waals surface area contributed by atoms with Crippen molar-refractivity contribution in [1.29, 1.82) is 0 Å². The molecule has 2 rings (SSSR count). The number of carboxylic acids is 1. The zero-order valence-corrected chi connectivity index (χ0v) is 10.9. The summed E-state index contributed by atoms with van der Waals surface area (Å²) < 4.78 is 1.68. The average Bonchev–Trinajstić information content (AvgIpc) is 2.54. The van der Waals surface area contributed by atoms with Crippen molar-refractivity contribution in [2.24, 2.45) is 7.05 Å². The minimum absolute atomic E-state index is 0.585. The first-order chi connectivity index (χ1) is 8.59. The molecule has 2 N–H and O–H groups in total. The molecule has 0 aliphatic carbocycles. The minimum atomic E-state index is -0.798. The molecule has 1 saturated heterocycles. The molecule has 1 aromatic heterocycles. The first-order valence-electron chi connectivity index (χ1n) is 6.27. The predicted octanol–water partition coefficient (Wildman–Crippen LogP) is 0.150. The van der Waals surface area contributed by atoms with Gasteiger partial charge in [-0.3, -0.25) is 14.4 Å². The molecule has 2 heterocycles. The van der Waals surface area contributed by atoms with E-state index in [0.29, 0.717) is 0 Å². The second-order valence-electron chi connectivity index (χ2n) is 4.72. The van der Waals surface area contributed by atoms with E-state index in [9.17, 15) is 9.90 Å². The summed E-state index contributed by atoms with van der Waals surface area (Å²) in [6, 6.07) is -0.585. The summed E-state index contributed by atoms with van der Waals surface area (Å²) in [6.45, 7) is 5.21. The number of aliphatic carboxylic acids is 1. The Labute approximate surface area is 107 Å². The number of hydrogen-bond acceptors (Lipinski definition) is 4. The molecule has 1 atom stereocenters. The van der Waals surface area contributed by atoms with Crippen LogP contribution in [0.5, 0.6) is 0 Å². The quantitative estimate of drug-likeness (QED) is 0.801. The maximum Gasteiger partial charge on any atom is 0.325 e. The highest BCUT2D eigenvalue weighted by Crippen LogP contribution is 2.24. The topological polar surface area (TPSA) is 70.4 Å².